The Morgan fingerprint density at radius 3 is 1.04 bits per heavy atom. The first-order valence-corrected chi connectivity index (χ1v) is 32.1. The van der Waals surface area contributed by atoms with E-state index in [-0.39, 0.29) is 47.4 Å². The van der Waals surface area contributed by atoms with Gasteiger partial charge < -0.3 is 132 Å². The number of quaternary nitrogens is 1. The van der Waals surface area contributed by atoms with Crippen molar-refractivity contribution in [3.8, 4) is 0 Å². The van der Waals surface area contributed by atoms with Crippen molar-refractivity contribution in [3.05, 3.63) is 0 Å². The van der Waals surface area contributed by atoms with Gasteiger partial charge in [-0.3, -0.25) is 47.1 Å². The third-order valence-corrected chi connectivity index (χ3v) is 13.6. The predicted molar refractivity (Wildman–Crippen MR) is 236 cm³/mol. The van der Waals surface area contributed by atoms with Gasteiger partial charge in [0.15, 0.2) is 6.73 Å². The highest BCUT2D eigenvalue weighted by molar-refractivity contribution is 7.47. The molecule has 0 aliphatic carbocycles. The van der Waals surface area contributed by atoms with Crippen molar-refractivity contribution >= 4 is 62.6 Å². The normalized spacial score (nSPS) is 19.2. The standard InChI is InChI=1S/C20H50N2O27P6.C7H19NO9P2.CH4/c1-21-17-37-15-20(48-50(24,25)26)16-47-54(33,34)45-10-9-43-52(29,30)41-6-5-39-51(27,28)40-7-8-42-53(31,32)44-11-12-46-55(35,36)49-19(13-23)14-38-18-22(2,3)4;1-3-15-19(12,13)16-5-7(4-14-6-8-2)17-18(9,10)11;/h19-21,23H,5-18H2,1-4H3,(H6-,24,25,26,27,28,29,30,31,32,33,34,35,36);7-8H,3-6H2,1-2H3,(H,12,13)(H2,9,10,11);1H4/p-6. The Labute approximate surface area is 432 Å². The molecule has 0 aromatic carbocycles. The second-order valence-electron chi connectivity index (χ2n) is 14.2. The summed E-state index contributed by atoms with van der Waals surface area (Å²) in [5.74, 6) is 0. The average molecular weight is 1270 g/mol. The Kier molecular flexibility index (Phi) is 42.5. The molecule has 0 saturated carbocycles. The van der Waals surface area contributed by atoms with Crippen LogP contribution in [0.5, 0.6) is 0 Å². The number of nitrogens with one attached hydrogen (secondary N) is 2. The lowest BCUT2D eigenvalue weighted by atomic mass is 10.4. The largest absolute Gasteiger partial charge is 0.756 e. The Morgan fingerprint density at radius 2 is 0.747 bits per heavy atom. The van der Waals surface area contributed by atoms with E-state index in [1.54, 1.807) is 28.2 Å². The van der Waals surface area contributed by atoms with Crippen molar-refractivity contribution in [2.24, 2.45) is 0 Å². The lowest BCUT2D eigenvalue weighted by molar-refractivity contribution is -0.890. The van der Waals surface area contributed by atoms with Crippen molar-refractivity contribution in [2.45, 2.75) is 32.7 Å². The Balaban J connectivity index is -0.00000218. The molecule has 0 spiro atoms. The van der Waals surface area contributed by atoms with Gasteiger partial charge in [0.1, 0.15) is 18.3 Å². The Morgan fingerprint density at radius 1 is 0.440 bits per heavy atom. The smallest absolute Gasteiger partial charge is 0.470 e. The molecule has 6 N–H and O–H groups in total. The summed E-state index contributed by atoms with van der Waals surface area (Å²) in [5, 5.41) is 14.4. The summed E-state index contributed by atoms with van der Waals surface area (Å²) in [4.78, 5) is 107. The molecule has 75 heavy (non-hydrogen) atoms. The maximum Gasteiger partial charge on any atom is 0.470 e. The molecular weight excluding hydrogens is 1200 g/mol. The van der Waals surface area contributed by atoms with Crippen LogP contribution in [0.25, 0.3) is 0 Å². The molecule has 456 valence electrons. The highest BCUT2D eigenvalue weighted by Gasteiger charge is 2.26. The lowest BCUT2D eigenvalue weighted by Crippen LogP contribution is -2.38. The van der Waals surface area contributed by atoms with Crippen LogP contribution in [0.4, 0.5) is 0 Å². The molecule has 47 heteroatoms. The molecule has 10 atom stereocenters. The summed E-state index contributed by atoms with van der Waals surface area (Å²) in [7, 11) is -31.9. The summed E-state index contributed by atoms with van der Waals surface area (Å²) >= 11 is 0. The van der Waals surface area contributed by atoms with Crippen LogP contribution in [-0.4, -0.2) is 197 Å². The molecule has 39 nitrogen and oxygen atoms in total. The third kappa shape index (κ3) is 52.4. The summed E-state index contributed by atoms with van der Waals surface area (Å²) in [6.07, 6.45) is -4.18. The molecule has 0 heterocycles. The molecule has 0 aliphatic heterocycles. The highest BCUT2D eigenvalue weighted by Crippen LogP contribution is 2.45. The molecule has 0 saturated heterocycles. The van der Waals surface area contributed by atoms with Gasteiger partial charge in [-0.05, 0) is 21.0 Å². The van der Waals surface area contributed by atoms with Gasteiger partial charge in [-0.1, -0.05) is 7.43 Å². The van der Waals surface area contributed by atoms with Crippen LogP contribution >= 0.6 is 62.6 Å². The lowest BCUT2D eigenvalue weighted by Gasteiger charge is -2.29. The summed E-state index contributed by atoms with van der Waals surface area (Å²) in [5.41, 5.74) is 0. The number of phosphoric acid groups is 8. The SMILES string of the molecule is C.CCOP(=O)([O-])OCC(COCNC)OP(=O)(O)O.CNCOCC(COP(=O)([O-])OCCOP(=O)([O-])OCCOP(=O)([O-])OCCOP(=O)([O-])OCCOP(=O)([O-])OC(CO)COC[N+](C)(C)C)OP(=O)([O-])O. The van der Waals surface area contributed by atoms with Gasteiger partial charge in [0.25, 0.3) is 54.8 Å². The first kappa shape index (κ1) is 79.8. The number of aliphatic hydroxyl groups is 1. The number of nitrogens with zero attached hydrogens (tertiary/aromatic N) is 1. The molecule has 0 fully saturated rings. The van der Waals surface area contributed by atoms with Gasteiger partial charge in [0.05, 0.1) is 134 Å². The first-order chi connectivity index (χ1) is 33.8. The minimum absolute atomic E-state index is 0. The van der Waals surface area contributed by atoms with Crippen LogP contribution < -0.4 is 44.9 Å². The number of rotatable bonds is 47. The Hall–Kier alpha value is 0.600. The fourth-order valence-electron chi connectivity index (χ4n) is 3.86. The second-order valence-corrected chi connectivity index (χ2v) is 25.0. The number of aliphatic hydroxyl groups excluding tert-OH is 1. The zero-order valence-corrected chi connectivity index (χ0v) is 47.5. The van der Waals surface area contributed by atoms with Gasteiger partial charge in [0, 0.05) is 0 Å². The van der Waals surface area contributed by atoms with Crippen LogP contribution in [0.15, 0.2) is 0 Å². The number of ether oxygens (including phenoxy) is 3. The van der Waals surface area contributed by atoms with E-state index in [0.717, 1.165) is 0 Å². The van der Waals surface area contributed by atoms with Gasteiger partial charge in [-0.25, -0.2) is 4.57 Å². The number of hydrogen-bond acceptors (Lipinski definition) is 35. The maximum atomic E-state index is 11.9. The van der Waals surface area contributed by atoms with Crippen molar-refractivity contribution in [3.63, 3.8) is 0 Å². The third-order valence-electron chi connectivity index (χ3n) is 6.39. The minimum Gasteiger partial charge on any atom is -0.756 e. The van der Waals surface area contributed by atoms with Crippen molar-refractivity contribution in [1.82, 2.24) is 10.6 Å². The van der Waals surface area contributed by atoms with Gasteiger partial charge in [-0.15, -0.1) is 0 Å². The van der Waals surface area contributed by atoms with Gasteiger partial charge in [-0.2, -0.15) is 0 Å². The Bertz CT molecular complexity index is 1910. The number of phosphoric ester groups is 8. The summed E-state index contributed by atoms with van der Waals surface area (Å²) < 4.78 is 168. The fraction of sp³-hybridized carbons (Fsp3) is 1.00. The molecule has 0 amide bonds. The molecule has 0 bridgehead atoms. The van der Waals surface area contributed by atoms with Crippen molar-refractivity contribution in [1.29, 1.82) is 0 Å². The van der Waals surface area contributed by atoms with E-state index in [0.29, 0.717) is 4.48 Å². The monoisotopic (exact) mass is 1270 g/mol. The molecular formula is C28H67N3O36P8-6. The van der Waals surface area contributed by atoms with Crippen LogP contribution in [0, 0.1) is 0 Å². The van der Waals surface area contributed by atoms with E-state index >= 15 is 0 Å². The van der Waals surface area contributed by atoms with E-state index < -0.39 is 160 Å². The average Bonchev–Trinajstić information content (AvgIpc) is 3.24. The summed E-state index contributed by atoms with van der Waals surface area (Å²) in [6.45, 7) is -9.50. The fourth-order valence-corrected chi connectivity index (χ4v) is 9.19. The number of hydrogen-bond donors (Lipinski definition) is 6. The van der Waals surface area contributed by atoms with Crippen LogP contribution in [0.2, 0.25) is 0 Å². The molecule has 0 aromatic rings. The van der Waals surface area contributed by atoms with Crippen LogP contribution in [0.1, 0.15) is 14.4 Å². The van der Waals surface area contributed by atoms with Crippen LogP contribution in [0.3, 0.4) is 0 Å². The molecule has 0 radical (unpaired) electrons. The van der Waals surface area contributed by atoms with E-state index in [9.17, 15) is 75.9 Å². The molecule has 0 rings (SSSR count). The minimum atomic E-state index is -5.31. The zero-order chi connectivity index (χ0) is 57.4. The van der Waals surface area contributed by atoms with Crippen LogP contribution in [-0.2, 0) is 114 Å². The molecule has 10 unspecified atom stereocenters. The summed E-state index contributed by atoms with van der Waals surface area (Å²) in [6, 6.07) is 0. The van der Waals surface area contributed by atoms with Gasteiger partial charge >= 0.3 is 7.82 Å². The van der Waals surface area contributed by atoms with Crippen molar-refractivity contribution in [2.75, 3.05) is 155 Å². The highest BCUT2D eigenvalue weighted by atomic mass is 31.2. The maximum absolute atomic E-state index is 11.9. The van der Waals surface area contributed by atoms with E-state index in [1.165, 1.54) is 14.0 Å². The van der Waals surface area contributed by atoms with Gasteiger partial charge in [0.2, 0.25) is 0 Å². The zero-order valence-electron chi connectivity index (χ0n) is 40.3. The quantitative estimate of drug-likeness (QED) is 0.0144. The van der Waals surface area contributed by atoms with Crippen molar-refractivity contribution < 1.29 is 173 Å². The van der Waals surface area contributed by atoms with E-state index in [1.807, 2.05) is 0 Å². The predicted octanol–water partition coefficient (Wildman–Crippen LogP) is -4.61. The first-order valence-electron chi connectivity index (χ1n) is 20.3. The van der Waals surface area contributed by atoms with E-state index in [2.05, 4.69) is 74.0 Å². The van der Waals surface area contributed by atoms with E-state index in [4.69, 9.17) is 28.9 Å². The second kappa shape index (κ2) is 39.9. The topological polar surface area (TPSA) is 560 Å². The molecule has 0 aliphatic rings. The molecule has 0 aromatic heterocycles.